The van der Waals surface area contributed by atoms with Crippen LogP contribution in [0.15, 0.2) is 48.7 Å². The molecule has 0 radical (unpaired) electrons. The van der Waals surface area contributed by atoms with Gasteiger partial charge in [-0.2, -0.15) is 0 Å². The summed E-state index contributed by atoms with van der Waals surface area (Å²) < 4.78 is 14.6. The van der Waals surface area contributed by atoms with Gasteiger partial charge in [-0.05, 0) is 48.8 Å². The maximum atomic E-state index is 10.5. The fourth-order valence-electron chi connectivity index (χ4n) is 3.41. The van der Waals surface area contributed by atoms with Crippen molar-refractivity contribution in [3.63, 3.8) is 0 Å². The lowest BCUT2D eigenvalue weighted by molar-refractivity contribution is 0.375. The molecule has 0 atom stereocenters. The molecule has 4 rings (SSSR count). The second-order valence-corrected chi connectivity index (χ2v) is 14.5. The van der Waals surface area contributed by atoms with Gasteiger partial charge in [0.05, 0.1) is 11.9 Å². The van der Waals surface area contributed by atoms with Gasteiger partial charge in [0.15, 0.2) is 0 Å². The Labute approximate surface area is 251 Å². The zero-order valence-corrected chi connectivity index (χ0v) is 28.3. The van der Waals surface area contributed by atoms with E-state index in [9.17, 15) is 9.90 Å². The van der Waals surface area contributed by atoms with Crippen molar-refractivity contribution >= 4 is 0 Å². The van der Waals surface area contributed by atoms with Crippen molar-refractivity contribution in [2.45, 2.75) is 126 Å². The first-order valence-corrected chi connectivity index (χ1v) is 14.1. The van der Waals surface area contributed by atoms with Crippen molar-refractivity contribution < 1.29 is 18.6 Å². The fraction of sp³-hybridized carbons (Fsp3) is 0.576. The summed E-state index contributed by atoms with van der Waals surface area (Å²) in [5.74, 6) is 2.13. The van der Waals surface area contributed by atoms with E-state index in [2.05, 4.69) is 82.8 Å². The van der Waals surface area contributed by atoms with Crippen molar-refractivity contribution in [3.05, 3.63) is 80.8 Å². The van der Waals surface area contributed by atoms with Gasteiger partial charge in [0.2, 0.25) is 5.89 Å². The van der Waals surface area contributed by atoms with Crippen molar-refractivity contribution in [1.29, 1.82) is 0 Å². The number of H-pyrrole nitrogens is 1. The SMILES string of the molecule is CC(C)(C)c1n[nH]c(=O)o1.Cc1cc(C(C)(C)C)ccc1O.Cc1cc(C(C)(C)C)no1.Cc1oncc1C(C)(C)C. The lowest BCUT2D eigenvalue weighted by atomic mass is 9.86. The predicted octanol–water partition coefficient (Wildman–Crippen LogP) is 8.22. The summed E-state index contributed by atoms with van der Waals surface area (Å²) in [4.78, 5) is 10.5. The molecule has 0 bridgehead atoms. The van der Waals surface area contributed by atoms with Crippen LogP contribution in [0.2, 0.25) is 0 Å². The van der Waals surface area contributed by atoms with Crippen LogP contribution in [0, 0.1) is 20.8 Å². The molecule has 4 aromatic rings. The Bertz CT molecular complexity index is 1430. The summed E-state index contributed by atoms with van der Waals surface area (Å²) in [5, 5.41) is 22.8. The van der Waals surface area contributed by atoms with Crippen LogP contribution in [-0.4, -0.2) is 25.6 Å². The molecule has 0 saturated carbocycles. The highest BCUT2D eigenvalue weighted by Crippen LogP contribution is 2.27. The molecule has 0 amide bonds. The van der Waals surface area contributed by atoms with Crippen molar-refractivity contribution in [3.8, 4) is 5.75 Å². The molecule has 9 heteroatoms. The minimum atomic E-state index is -0.495. The lowest BCUT2D eigenvalue weighted by Gasteiger charge is -2.19. The lowest BCUT2D eigenvalue weighted by Crippen LogP contribution is -2.11. The highest BCUT2D eigenvalue weighted by atomic mass is 16.5. The van der Waals surface area contributed by atoms with Crippen molar-refractivity contribution in [2.24, 2.45) is 0 Å². The number of aryl methyl sites for hydroxylation is 3. The number of aromatic amines is 1. The summed E-state index contributed by atoms with van der Waals surface area (Å²) in [5.41, 5.74) is 4.65. The van der Waals surface area contributed by atoms with Gasteiger partial charge in [-0.25, -0.2) is 9.89 Å². The molecule has 2 N–H and O–H groups in total. The van der Waals surface area contributed by atoms with Gasteiger partial charge in [0, 0.05) is 22.5 Å². The van der Waals surface area contributed by atoms with E-state index in [4.69, 9.17) is 13.5 Å². The van der Waals surface area contributed by atoms with Crippen LogP contribution in [0.25, 0.3) is 0 Å². The maximum absolute atomic E-state index is 10.5. The van der Waals surface area contributed by atoms with E-state index in [-0.39, 0.29) is 21.7 Å². The van der Waals surface area contributed by atoms with Crippen LogP contribution in [0.5, 0.6) is 5.75 Å². The molecule has 42 heavy (non-hydrogen) atoms. The smallest absolute Gasteiger partial charge is 0.434 e. The third kappa shape index (κ3) is 12.1. The average molecular weight is 585 g/mol. The van der Waals surface area contributed by atoms with Crippen molar-refractivity contribution in [2.75, 3.05) is 0 Å². The molecule has 0 spiro atoms. The van der Waals surface area contributed by atoms with E-state index >= 15 is 0 Å². The quantitative estimate of drug-likeness (QED) is 0.211. The first-order valence-electron chi connectivity index (χ1n) is 14.1. The van der Waals surface area contributed by atoms with E-state index in [1.165, 1.54) is 11.1 Å². The Hall–Kier alpha value is -3.62. The second-order valence-electron chi connectivity index (χ2n) is 14.5. The molecule has 0 aliphatic heterocycles. The Balaban J connectivity index is 0.000000281. The Morgan fingerprint density at radius 2 is 1.36 bits per heavy atom. The van der Waals surface area contributed by atoms with Crippen LogP contribution < -0.4 is 5.76 Å². The Kier molecular flexibility index (Phi) is 12.2. The van der Waals surface area contributed by atoms with Gasteiger partial charge >= 0.3 is 5.76 Å². The minimum Gasteiger partial charge on any atom is -0.508 e. The third-order valence-corrected chi connectivity index (χ3v) is 6.10. The van der Waals surface area contributed by atoms with Gasteiger partial charge in [0.25, 0.3) is 0 Å². The second kappa shape index (κ2) is 14.0. The van der Waals surface area contributed by atoms with E-state index < -0.39 is 5.76 Å². The molecule has 0 unspecified atom stereocenters. The molecular formula is C33H52N4O5. The van der Waals surface area contributed by atoms with Crippen LogP contribution >= 0.6 is 0 Å². The zero-order chi connectivity index (χ0) is 32.7. The van der Waals surface area contributed by atoms with Crippen LogP contribution in [-0.2, 0) is 21.7 Å². The van der Waals surface area contributed by atoms with Crippen LogP contribution in [0.3, 0.4) is 0 Å². The number of nitrogens with zero attached hydrogens (tertiary/aromatic N) is 3. The summed E-state index contributed by atoms with van der Waals surface area (Å²) in [6.45, 7) is 30.8. The van der Waals surface area contributed by atoms with Gasteiger partial charge < -0.3 is 18.6 Å². The molecule has 0 fully saturated rings. The van der Waals surface area contributed by atoms with E-state index in [1.54, 1.807) is 12.3 Å². The first kappa shape index (κ1) is 36.4. The highest BCUT2D eigenvalue weighted by Gasteiger charge is 2.20. The number of aromatic nitrogens is 4. The van der Waals surface area contributed by atoms with Gasteiger partial charge in [-0.1, -0.05) is 106 Å². The molecule has 9 nitrogen and oxygen atoms in total. The molecule has 234 valence electrons. The third-order valence-electron chi connectivity index (χ3n) is 6.10. The molecule has 0 aliphatic carbocycles. The molecule has 0 aliphatic rings. The largest absolute Gasteiger partial charge is 0.508 e. The number of rotatable bonds is 0. The van der Waals surface area contributed by atoms with Gasteiger partial charge in [0.1, 0.15) is 17.3 Å². The molecule has 0 saturated heterocycles. The number of hydrogen-bond donors (Lipinski definition) is 2. The van der Waals surface area contributed by atoms with Crippen molar-refractivity contribution in [1.82, 2.24) is 20.5 Å². The summed E-state index contributed by atoms with van der Waals surface area (Å²) in [6, 6.07) is 7.74. The topological polar surface area (TPSA) is 131 Å². The van der Waals surface area contributed by atoms with Gasteiger partial charge in [-0.15, -0.1) is 5.10 Å². The Morgan fingerprint density at radius 1 is 0.762 bits per heavy atom. The molecule has 3 aromatic heterocycles. The monoisotopic (exact) mass is 584 g/mol. The standard InChI is InChI=1S/C11H16O.2C8H13NO.C6H10N2O2/c1-8-7-9(11(2,3)4)5-6-10(8)12;1-6-7(5-9-10-6)8(2,3)4;1-6-5-7(9-10-6)8(2,3)4;1-6(2,3)4-7-8-5(9)10-4/h5-7,12H,1-4H3;2*5H,1-4H3;1-3H3,(H,8,9). The summed E-state index contributed by atoms with van der Waals surface area (Å²) >= 11 is 0. The number of phenolic OH excluding ortho intramolecular Hbond substituents is 1. The van der Waals surface area contributed by atoms with Crippen LogP contribution in [0.4, 0.5) is 0 Å². The molecule has 1 aromatic carbocycles. The van der Waals surface area contributed by atoms with E-state index in [1.807, 2.05) is 59.7 Å². The minimum absolute atomic E-state index is 0.109. The van der Waals surface area contributed by atoms with E-state index in [0.717, 1.165) is 22.8 Å². The zero-order valence-electron chi connectivity index (χ0n) is 28.3. The highest BCUT2D eigenvalue weighted by molar-refractivity contribution is 5.37. The number of aromatic hydroxyl groups is 1. The average Bonchev–Trinajstić information content (AvgIpc) is 3.56. The van der Waals surface area contributed by atoms with Crippen LogP contribution in [0.1, 0.15) is 123 Å². The summed E-state index contributed by atoms with van der Waals surface area (Å²) in [6.07, 6.45) is 1.79. The van der Waals surface area contributed by atoms with Gasteiger partial charge in [-0.3, -0.25) is 0 Å². The number of hydrogen-bond acceptors (Lipinski definition) is 8. The number of phenols is 1. The number of nitrogens with one attached hydrogen (secondary N) is 1. The normalized spacial score (nSPS) is 11.9. The summed E-state index contributed by atoms with van der Waals surface area (Å²) in [7, 11) is 0. The first-order chi connectivity index (χ1) is 18.9. The predicted molar refractivity (Wildman–Crippen MR) is 167 cm³/mol. The number of benzene rings is 1. The maximum Gasteiger partial charge on any atom is 0.434 e. The Morgan fingerprint density at radius 3 is 1.62 bits per heavy atom. The van der Waals surface area contributed by atoms with E-state index in [0.29, 0.717) is 11.6 Å². The molecule has 3 heterocycles. The fourth-order valence-corrected chi connectivity index (χ4v) is 3.41. The molecular weight excluding hydrogens is 532 g/mol.